The molecule has 5 nitrogen and oxygen atoms in total. The van der Waals surface area contributed by atoms with Gasteiger partial charge in [-0.2, -0.15) is 0 Å². The molecule has 0 aliphatic heterocycles. The van der Waals surface area contributed by atoms with Crippen LogP contribution >= 0.6 is 12.2 Å². The first-order valence-electron chi connectivity index (χ1n) is 7.48. The average molecular weight is 335 g/mol. The van der Waals surface area contributed by atoms with Crippen molar-refractivity contribution in [1.82, 2.24) is 9.97 Å². The maximum absolute atomic E-state index is 5.32. The zero-order valence-corrected chi connectivity index (χ0v) is 14.0. The van der Waals surface area contributed by atoms with Gasteiger partial charge in [0.1, 0.15) is 12.1 Å². The number of rotatable bonds is 4. The van der Waals surface area contributed by atoms with E-state index in [2.05, 4.69) is 25.9 Å². The van der Waals surface area contributed by atoms with E-state index in [9.17, 15) is 0 Å². The lowest BCUT2D eigenvalue weighted by molar-refractivity contribution is 1.10. The summed E-state index contributed by atoms with van der Waals surface area (Å²) in [7, 11) is 0. The van der Waals surface area contributed by atoms with Gasteiger partial charge in [-0.1, -0.05) is 18.2 Å². The van der Waals surface area contributed by atoms with E-state index in [1.807, 2.05) is 67.6 Å². The standard InChI is InChI=1S/C18H17N5S/c1-13-11-17(20-12-19-13)21-15-7-9-16(10-8-15)23-18(24)22-14-5-3-2-4-6-14/h2-12H,1H3,(H,19,20,21)(H2,22,23,24). The van der Waals surface area contributed by atoms with Gasteiger partial charge in [0.05, 0.1) is 0 Å². The zero-order valence-electron chi connectivity index (χ0n) is 13.2. The van der Waals surface area contributed by atoms with Crippen LogP contribution < -0.4 is 16.0 Å². The highest BCUT2D eigenvalue weighted by Gasteiger charge is 2.00. The van der Waals surface area contributed by atoms with Gasteiger partial charge in [0.25, 0.3) is 0 Å². The molecular formula is C18H17N5S. The van der Waals surface area contributed by atoms with E-state index in [1.54, 1.807) is 6.33 Å². The van der Waals surface area contributed by atoms with Crippen LogP contribution in [0, 0.1) is 6.92 Å². The topological polar surface area (TPSA) is 61.9 Å². The second-order valence-electron chi connectivity index (χ2n) is 5.19. The number of hydrogen-bond acceptors (Lipinski definition) is 4. The maximum atomic E-state index is 5.32. The average Bonchev–Trinajstić information content (AvgIpc) is 2.57. The van der Waals surface area contributed by atoms with E-state index in [1.165, 1.54) is 0 Å². The molecule has 0 saturated carbocycles. The van der Waals surface area contributed by atoms with E-state index in [0.717, 1.165) is 28.6 Å². The van der Waals surface area contributed by atoms with Gasteiger partial charge in [0.15, 0.2) is 5.11 Å². The molecule has 0 atom stereocenters. The van der Waals surface area contributed by atoms with Crippen molar-refractivity contribution < 1.29 is 0 Å². The van der Waals surface area contributed by atoms with Gasteiger partial charge in [0, 0.05) is 28.8 Å². The van der Waals surface area contributed by atoms with Crippen LogP contribution in [0.1, 0.15) is 5.69 Å². The molecule has 3 rings (SSSR count). The fourth-order valence-corrected chi connectivity index (χ4v) is 2.36. The van der Waals surface area contributed by atoms with Gasteiger partial charge in [-0.25, -0.2) is 9.97 Å². The number of para-hydroxylation sites is 1. The fourth-order valence-electron chi connectivity index (χ4n) is 2.12. The Kier molecular flexibility index (Phi) is 4.98. The number of nitrogens with zero attached hydrogens (tertiary/aromatic N) is 2. The third-order valence-corrected chi connectivity index (χ3v) is 3.45. The predicted octanol–water partition coefficient (Wildman–Crippen LogP) is 4.34. The number of aryl methyl sites for hydroxylation is 1. The lowest BCUT2D eigenvalue weighted by Gasteiger charge is -2.11. The molecule has 0 bridgehead atoms. The number of hydrogen-bond donors (Lipinski definition) is 3. The highest BCUT2D eigenvalue weighted by Crippen LogP contribution is 2.18. The number of benzene rings is 2. The Morgan fingerprint density at radius 1 is 0.833 bits per heavy atom. The Bertz CT molecular complexity index is 818. The van der Waals surface area contributed by atoms with Gasteiger partial charge < -0.3 is 16.0 Å². The maximum Gasteiger partial charge on any atom is 0.175 e. The largest absolute Gasteiger partial charge is 0.340 e. The Balaban J connectivity index is 1.59. The molecule has 0 spiro atoms. The zero-order chi connectivity index (χ0) is 16.8. The SMILES string of the molecule is Cc1cc(Nc2ccc(NC(=S)Nc3ccccc3)cc2)ncn1. The number of anilines is 4. The summed E-state index contributed by atoms with van der Waals surface area (Å²) in [5, 5.41) is 10.1. The Labute approximate surface area is 146 Å². The molecule has 0 fully saturated rings. The molecule has 2 aromatic carbocycles. The predicted molar refractivity (Wildman–Crippen MR) is 103 cm³/mol. The summed E-state index contributed by atoms with van der Waals surface area (Å²) in [6.07, 6.45) is 1.54. The molecule has 1 heterocycles. The van der Waals surface area contributed by atoms with Crippen LogP contribution in [0.4, 0.5) is 22.9 Å². The minimum atomic E-state index is 0.549. The molecule has 24 heavy (non-hydrogen) atoms. The smallest absolute Gasteiger partial charge is 0.175 e. The highest BCUT2D eigenvalue weighted by atomic mass is 32.1. The third kappa shape index (κ3) is 4.50. The van der Waals surface area contributed by atoms with Crippen molar-refractivity contribution in [3.63, 3.8) is 0 Å². The minimum absolute atomic E-state index is 0.549. The van der Waals surface area contributed by atoms with Gasteiger partial charge >= 0.3 is 0 Å². The lowest BCUT2D eigenvalue weighted by atomic mass is 10.2. The van der Waals surface area contributed by atoms with Gasteiger partial charge in [-0.05, 0) is 55.5 Å². The summed E-state index contributed by atoms with van der Waals surface area (Å²) in [5.41, 5.74) is 3.73. The van der Waals surface area contributed by atoms with Crippen LogP contribution in [0.15, 0.2) is 67.0 Å². The molecule has 0 unspecified atom stereocenters. The minimum Gasteiger partial charge on any atom is -0.340 e. The van der Waals surface area contributed by atoms with Crippen molar-refractivity contribution in [1.29, 1.82) is 0 Å². The molecular weight excluding hydrogens is 318 g/mol. The van der Waals surface area contributed by atoms with Crippen LogP contribution in [0.25, 0.3) is 0 Å². The number of nitrogens with one attached hydrogen (secondary N) is 3. The summed E-state index contributed by atoms with van der Waals surface area (Å²) in [6, 6.07) is 19.5. The molecule has 6 heteroatoms. The lowest BCUT2D eigenvalue weighted by Crippen LogP contribution is -2.18. The summed E-state index contributed by atoms with van der Waals surface area (Å²) < 4.78 is 0. The van der Waals surface area contributed by atoms with Crippen LogP contribution in [0.5, 0.6) is 0 Å². The van der Waals surface area contributed by atoms with Crippen LogP contribution in [0.3, 0.4) is 0 Å². The molecule has 0 aliphatic carbocycles. The number of thiocarbonyl (C=S) groups is 1. The van der Waals surface area contributed by atoms with Gasteiger partial charge in [-0.15, -0.1) is 0 Å². The fraction of sp³-hybridized carbons (Fsp3) is 0.0556. The first-order valence-corrected chi connectivity index (χ1v) is 7.89. The van der Waals surface area contributed by atoms with E-state index in [0.29, 0.717) is 5.11 Å². The summed E-state index contributed by atoms with van der Waals surface area (Å²) in [5.74, 6) is 0.768. The molecule has 3 N–H and O–H groups in total. The monoisotopic (exact) mass is 335 g/mol. The van der Waals surface area contributed by atoms with Crippen molar-refractivity contribution >= 4 is 40.2 Å². The van der Waals surface area contributed by atoms with E-state index >= 15 is 0 Å². The quantitative estimate of drug-likeness (QED) is 0.617. The normalized spacial score (nSPS) is 10.0. The van der Waals surface area contributed by atoms with E-state index < -0.39 is 0 Å². The Hall–Kier alpha value is -2.99. The van der Waals surface area contributed by atoms with Crippen LogP contribution in [-0.4, -0.2) is 15.1 Å². The second kappa shape index (κ2) is 7.52. The molecule has 0 amide bonds. The first kappa shape index (κ1) is 15.9. The Morgan fingerprint density at radius 3 is 2.12 bits per heavy atom. The summed E-state index contributed by atoms with van der Waals surface area (Å²) >= 11 is 5.32. The number of aromatic nitrogens is 2. The summed E-state index contributed by atoms with van der Waals surface area (Å²) in [4.78, 5) is 8.26. The van der Waals surface area contributed by atoms with Crippen molar-refractivity contribution in [3.8, 4) is 0 Å². The molecule has 120 valence electrons. The highest BCUT2D eigenvalue weighted by molar-refractivity contribution is 7.80. The summed E-state index contributed by atoms with van der Waals surface area (Å²) in [6.45, 7) is 1.93. The first-order chi connectivity index (χ1) is 11.7. The van der Waals surface area contributed by atoms with Crippen molar-refractivity contribution in [2.24, 2.45) is 0 Å². The van der Waals surface area contributed by atoms with Crippen molar-refractivity contribution in [3.05, 3.63) is 72.7 Å². The van der Waals surface area contributed by atoms with Crippen LogP contribution in [0.2, 0.25) is 0 Å². The van der Waals surface area contributed by atoms with Crippen LogP contribution in [-0.2, 0) is 0 Å². The van der Waals surface area contributed by atoms with Gasteiger partial charge in [0.2, 0.25) is 0 Å². The molecule has 1 aromatic heterocycles. The van der Waals surface area contributed by atoms with Gasteiger partial charge in [-0.3, -0.25) is 0 Å². The molecule has 0 radical (unpaired) electrons. The molecule has 0 saturated heterocycles. The van der Waals surface area contributed by atoms with Crippen molar-refractivity contribution in [2.45, 2.75) is 6.92 Å². The van der Waals surface area contributed by atoms with Crippen molar-refractivity contribution in [2.75, 3.05) is 16.0 Å². The molecule has 0 aliphatic rings. The third-order valence-electron chi connectivity index (χ3n) is 3.25. The Morgan fingerprint density at radius 2 is 1.46 bits per heavy atom. The molecule has 3 aromatic rings. The van der Waals surface area contributed by atoms with E-state index in [-0.39, 0.29) is 0 Å². The second-order valence-corrected chi connectivity index (χ2v) is 5.60. The van der Waals surface area contributed by atoms with E-state index in [4.69, 9.17) is 12.2 Å².